The Labute approximate surface area is 190 Å². The highest BCUT2D eigenvalue weighted by molar-refractivity contribution is 7.90. The van der Waals surface area contributed by atoms with Crippen molar-refractivity contribution in [3.63, 3.8) is 0 Å². The minimum absolute atomic E-state index is 0.175. The van der Waals surface area contributed by atoms with E-state index in [1.165, 1.54) is 23.5 Å². The molecule has 1 unspecified atom stereocenters. The van der Waals surface area contributed by atoms with Gasteiger partial charge in [-0.25, -0.2) is 22.6 Å². The summed E-state index contributed by atoms with van der Waals surface area (Å²) in [7, 11) is -2.01. The van der Waals surface area contributed by atoms with E-state index in [-0.39, 0.29) is 27.8 Å². The summed E-state index contributed by atoms with van der Waals surface area (Å²) < 4.78 is 71.3. The van der Waals surface area contributed by atoms with E-state index in [1.54, 1.807) is 10.9 Å². The maximum absolute atomic E-state index is 14.6. The first-order chi connectivity index (χ1) is 14.7. The minimum atomic E-state index is -5.08. The zero-order valence-corrected chi connectivity index (χ0v) is 19.2. The Morgan fingerprint density at radius 1 is 1.41 bits per heavy atom. The lowest BCUT2D eigenvalue weighted by Crippen LogP contribution is -2.40. The number of sulfone groups is 1. The molecule has 0 spiro atoms. The predicted molar refractivity (Wildman–Crippen MR) is 112 cm³/mol. The van der Waals surface area contributed by atoms with Gasteiger partial charge < -0.3 is 15.3 Å². The third-order valence-electron chi connectivity index (χ3n) is 4.76. The van der Waals surface area contributed by atoms with Gasteiger partial charge in [0.2, 0.25) is 0 Å². The van der Waals surface area contributed by atoms with Crippen LogP contribution in [0.15, 0.2) is 27.9 Å². The van der Waals surface area contributed by atoms with Gasteiger partial charge in [-0.1, -0.05) is 11.6 Å². The van der Waals surface area contributed by atoms with Crippen LogP contribution in [0.4, 0.5) is 23.2 Å². The van der Waals surface area contributed by atoms with E-state index in [2.05, 4.69) is 17.2 Å². The fraction of sp³-hybridized carbons (Fsp3) is 0.444. The third-order valence-corrected chi connectivity index (χ3v) is 7.36. The predicted octanol–water partition coefficient (Wildman–Crippen LogP) is 3.73. The number of halogens is 5. The van der Waals surface area contributed by atoms with Crippen molar-refractivity contribution in [2.75, 3.05) is 18.5 Å². The van der Waals surface area contributed by atoms with Crippen LogP contribution in [0.1, 0.15) is 19.0 Å². The van der Waals surface area contributed by atoms with Crippen LogP contribution in [-0.4, -0.2) is 56.3 Å². The lowest BCUT2D eigenvalue weighted by molar-refractivity contribution is -0.192. The maximum Gasteiger partial charge on any atom is 0.490 e. The van der Waals surface area contributed by atoms with Gasteiger partial charge in [0.05, 0.1) is 27.7 Å². The van der Waals surface area contributed by atoms with Crippen molar-refractivity contribution in [1.29, 1.82) is 0 Å². The van der Waals surface area contributed by atoms with E-state index in [0.29, 0.717) is 11.4 Å². The van der Waals surface area contributed by atoms with Crippen LogP contribution in [0.2, 0.25) is 5.02 Å². The lowest BCUT2D eigenvalue weighted by atomic mass is 10.1. The molecule has 2 atom stereocenters. The highest BCUT2D eigenvalue weighted by Gasteiger charge is 2.38. The van der Waals surface area contributed by atoms with Crippen LogP contribution >= 0.6 is 22.9 Å². The summed E-state index contributed by atoms with van der Waals surface area (Å²) in [6, 6.07) is 2.84. The number of carbonyl (C=O) groups is 1. The number of thiazole rings is 1. The number of alkyl halides is 3. The van der Waals surface area contributed by atoms with Gasteiger partial charge in [0.1, 0.15) is 10.7 Å². The molecule has 14 heteroatoms. The smallest absolute Gasteiger partial charge is 0.475 e. The second-order valence-corrected chi connectivity index (χ2v) is 10.1. The molecule has 32 heavy (non-hydrogen) atoms. The van der Waals surface area contributed by atoms with Crippen molar-refractivity contribution in [2.45, 2.75) is 42.3 Å². The number of hydrogen-bond donors (Lipinski definition) is 2. The van der Waals surface area contributed by atoms with E-state index in [1.807, 2.05) is 11.9 Å². The second kappa shape index (κ2) is 10.3. The standard InChI is InChI=1S/C16H19ClFN3O2S2.C2HF3O2/c1-10-14(3-4-19-10)21(2)15-6-13(18)16(5-12(15)17)25(22,23)8-11-7-24-9-20-11;3-2(4,5)1(6)7/h5-7,9-10,14,19H,3-4,8H2,1-2H3;(H,6,7)/t10-,14?;/m1./s1. The maximum atomic E-state index is 14.6. The molecule has 0 amide bonds. The van der Waals surface area contributed by atoms with Crippen molar-refractivity contribution in [1.82, 2.24) is 10.3 Å². The van der Waals surface area contributed by atoms with Gasteiger partial charge in [0.25, 0.3) is 0 Å². The molecule has 1 aliphatic heterocycles. The van der Waals surface area contributed by atoms with Gasteiger partial charge in [0.15, 0.2) is 9.84 Å². The van der Waals surface area contributed by atoms with Crippen LogP contribution in [-0.2, 0) is 20.4 Å². The number of aromatic nitrogens is 1. The second-order valence-electron chi connectivity index (χ2n) is 6.99. The summed E-state index contributed by atoms with van der Waals surface area (Å²) in [5, 5.41) is 12.3. The fourth-order valence-corrected chi connectivity index (χ4v) is 5.54. The molecule has 1 aliphatic rings. The number of carboxylic acid groups (broad SMARTS) is 1. The molecule has 1 fully saturated rings. The molecule has 0 bridgehead atoms. The van der Waals surface area contributed by atoms with Crippen molar-refractivity contribution in [3.8, 4) is 0 Å². The number of benzene rings is 1. The topological polar surface area (TPSA) is 99.6 Å². The largest absolute Gasteiger partial charge is 0.490 e. The number of nitrogens with zero attached hydrogens (tertiary/aromatic N) is 2. The van der Waals surface area contributed by atoms with Crippen LogP contribution in [0, 0.1) is 5.82 Å². The molecule has 1 aromatic heterocycles. The summed E-state index contributed by atoms with van der Waals surface area (Å²) in [6.07, 6.45) is -4.17. The van der Waals surface area contributed by atoms with E-state index in [9.17, 15) is 26.0 Å². The fourth-order valence-electron chi connectivity index (χ4n) is 3.16. The Kier molecular flexibility index (Phi) is 8.48. The number of anilines is 1. The van der Waals surface area contributed by atoms with Gasteiger partial charge in [0, 0.05) is 30.6 Å². The van der Waals surface area contributed by atoms with Crippen LogP contribution < -0.4 is 10.2 Å². The van der Waals surface area contributed by atoms with Crippen LogP contribution in [0.5, 0.6) is 0 Å². The summed E-state index contributed by atoms with van der Waals surface area (Å²) in [5.41, 5.74) is 2.43. The molecule has 1 saturated heterocycles. The molecule has 2 N–H and O–H groups in total. The average Bonchev–Trinajstić information content (AvgIpc) is 3.33. The Hall–Kier alpha value is -1.96. The van der Waals surface area contributed by atoms with Gasteiger partial charge in [-0.3, -0.25) is 0 Å². The number of hydrogen-bond acceptors (Lipinski definition) is 7. The number of rotatable bonds is 5. The molecule has 0 saturated carbocycles. The number of aliphatic carboxylic acids is 1. The summed E-state index contributed by atoms with van der Waals surface area (Å²) in [6.45, 7) is 2.95. The van der Waals surface area contributed by atoms with Gasteiger partial charge in [-0.15, -0.1) is 11.3 Å². The third kappa shape index (κ3) is 6.53. The monoisotopic (exact) mass is 517 g/mol. The van der Waals surface area contributed by atoms with Crippen molar-refractivity contribution in [3.05, 3.63) is 39.6 Å². The van der Waals surface area contributed by atoms with E-state index in [0.717, 1.165) is 13.0 Å². The van der Waals surface area contributed by atoms with E-state index >= 15 is 0 Å². The molecule has 3 rings (SSSR count). The number of nitrogens with one attached hydrogen (secondary N) is 1. The number of carboxylic acids is 1. The molecule has 2 heterocycles. The lowest BCUT2D eigenvalue weighted by Gasteiger charge is -2.30. The van der Waals surface area contributed by atoms with Crippen LogP contribution in [0.25, 0.3) is 0 Å². The van der Waals surface area contributed by atoms with Crippen LogP contribution in [0.3, 0.4) is 0 Å². The summed E-state index contributed by atoms with van der Waals surface area (Å²) in [5.74, 6) is -3.89. The molecule has 178 valence electrons. The quantitative estimate of drug-likeness (QED) is 0.583. The first kappa shape index (κ1) is 26.3. The first-order valence-electron chi connectivity index (χ1n) is 9.09. The molecular weight excluding hydrogens is 498 g/mol. The Morgan fingerprint density at radius 3 is 2.50 bits per heavy atom. The van der Waals surface area contributed by atoms with Gasteiger partial charge in [-0.2, -0.15) is 13.2 Å². The minimum Gasteiger partial charge on any atom is -0.475 e. The molecule has 2 aromatic rings. The van der Waals surface area contributed by atoms with E-state index < -0.39 is 27.8 Å². The molecule has 0 aliphatic carbocycles. The zero-order chi connectivity index (χ0) is 24.3. The normalized spacial score (nSPS) is 18.7. The highest BCUT2D eigenvalue weighted by Crippen LogP contribution is 2.34. The molecule has 7 nitrogen and oxygen atoms in total. The van der Waals surface area contributed by atoms with E-state index in [4.69, 9.17) is 21.5 Å². The summed E-state index contributed by atoms with van der Waals surface area (Å²) in [4.78, 5) is 14.4. The van der Waals surface area contributed by atoms with Gasteiger partial charge in [-0.05, 0) is 26.0 Å². The number of likely N-dealkylation sites (N-methyl/N-ethyl adjacent to an activating group) is 1. The molecule has 1 aromatic carbocycles. The summed E-state index contributed by atoms with van der Waals surface area (Å²) >= 11 is 7.60. The Balaban J connectivity index is 0.000000451. The zero-order valence-electron chi connectivity index (χ0n) is 16.9. The average molecular weight is 518 g/mol. The van der Waals surface area contributed by atoms with Crippen molar-refractivity contribution >= 4 is 44.4 Å². The molecular formula is C18H20ClF4N3O4S2. The van der Waals surface area contributed by atoms with Crippen molar-refractivity contribution in [2.24, 2.45) is 0 Å². The Bertz CT molecular complexity index is 1050. The highest BCUT2D eigenvalue weighted by atomic mass is 35.5. The Morgan fingerprint density at radius 2 is 2.03 bits per heavy atom. The SMILES string of the molecule is C[C@H]1NCCC1N(C)c1cc(F)c(S(=O)(=O)Cc2cscn2)cc1Cl.O=C(O)C(F)(F)F. The first-order valence-corrected chi connectivity index (χ1v) is 12.1. The van der Waals surface area contributed by atoms with Gasteiger partial charge >= 0.3 is 12.1 Å². The molecule has 0 radical (unpaired) electrons. The van der Waals surface area contributed by atoms with Crippen molar-refractivity contribution < 1.29 is 35.9 Å².